The Bertz CT molecular complexity index is 723. The molecule has 0 aromatic heterocycles. The van der Waals surface area contributed by atoms with Gasteiger partial charge < -0.3 is 5.73 Å². The molecule has 0 heterocycles. The molecule has 1 atom stereocenters. The number of benzene rings is 2. The van der Waals surface area contributed by atoms with Crippen molar-refractivity contribution in [2.24, 2.45) is 0 Å². The second-order valence-corrected chi connectivity index (χ2v) is 6.69. The zero-order valence-electron chi connectivity index (χ0n) is 11.8. The number of nitrogens with one attached hydrogen (secondary N) is 1. The quantitative estimate of drug-likeness (QED) is 0.853. The molecule has 2 rings (SSSR count). The summed E-state index contributed by atoms with van der Waals surface area (Å²) in [5, 5.41) is 0. The van der Waals surface area contributed by atoms with Crippen LogP contribution < -0.4 is 10.5 Å². The highest BCUT2D eigenvalue weighted by molar-refractivity contribution is 7.89. The van der Waals surface area contributed by atoms with Gasteiger partial charge in [0, 0.05) is 11.7 Å². The van der Waals surface area contributed by atoms with E-state index in [1.54, 1.807) is 38.1 Å². The largest absolute Gasteiger partial charge is 0.399 e. The van der Waals surface area contributed by atoms with Crippen molar-refractivity contribution in [2.45, 2.75) is 24.8 Å². The first-order valence-electron chi connectivity index (χ1n) is 6.43. The molecule has 0 bridgehead atoms. The number of aryl methyl sites for hydroxylation is 1. The van der Waals surface area contributed by atoms with Gasteiger partial charge in [0.2, 0.25) is 10.0 Å². The summed E-state index contributed by atoms with van der Waals surface area (Å²) in [6, 6.07) is 9.87. The van der Waals surface area contributed by atoms with Crippen LogP contribution in [0.2, 0.25) is 0 Å². The van der Waals surface area contributed by atoms with Crippen LogP contribution in [0.25, 0.3) is 0 Å². The maximum absolute atomic E-state index is 12.9. The zero-order chi connectivity index (χ0) is 15.6. The highest BCUT2D eigenvalue weighted by atomic mass is 32.2. The first-order chi connectivity index (χ1) is 9.78. The first-order valence-corrected chi connectivity index (χ1v) is 7.91. The lowest BCUT2D eigenvalue weighted by Crippen LogP contribution is -2.27. The van der Waals surface area contributed by atoms with Gasteiger partial charge >= 0.3 is 0 Å². The molecule has 0 saturated heterocycles. The topological polar surface area (TPSA) is 72.2 Å². The van der Waals surface area contributed by atoms with E-state index in [0.717, 1.165) is 5.56 Å². The minimum Gasteiger partial charge on any atom is -0.399 e. The van der Waals surface area contributed by atoms with E-state index in [1.165, 1.54) is 18.2 Å². The second kappa shape index (κ2) is 5.83. The highest BCUT2D eigenvalue weighted by Crippen LogP contribution is 2.20. The van der Waals surface area contributed by atoms with Crippen molar-refractivity contribution >= 4 is 15.7 Å². The molecule has 0 radical (unpaired) electrons. The van der Waals surface area contributed by atoms with Gasteiger partial charge in [-0.15, -0.1) is 0 Å². The Kier molecular flexibility index (Phi) is 4.29. The Balaban J connectivity index is 2.26. The fourth-order valence-electron chi connectivity index (χ4n) is 2.05. The maximum atomic E-state index is 12.9. The molecule has 0 aliphatic rings. The number of nitrogen functional groups attached to an aromatic ring is 1. The standard InChI is InChI=1S/C15H17FN2O2S/c1-10-7-14(17)9-15(8-10)21(19,20)18-11(2)12-3-5-13(16)6-4-12/h3-9,11,18H,17H2,1-2H3. The summed E-state index contributed by atoms with van der Waals surface area (Å²) in [6.07, 6.45) is 0. The number of hydrogen-bond donors (Lipinski definition) is 2. The van der Waals surface area contributed by atoms with Gasteiger partial charge in [0.1, 0.15) is 5.82 Å². The molecular weight excluding hydrogens is 291 g/mol. The average molecular weight is 308 g/mol. The third-order valence-electron chi connectivity index (χ3n) is 3.09. The van der Waals surface area contributed by atoms with Gasteiger partial charge in [-0.2, -0.15) is 0 Å². The lowest BCUT2D eigenvalue weighted by molar-refractivity contribution is 0.566. The summed E-state index contributed by atoms with van der Waals surface area (Å²) in [4.78, 5) is 0.119. The van der Waals surface area contributed by atoms with Gasteiger partial charge in [-0.25, -0.2) is 17.5 Å². The number of anilines is 1. The first kappa shape index (κ1) is 15.5. The fraction of sp³-hybridized carbons (Fsp3) is 0.200. The van der Waals surface area contributed by atoms with E-state index in [1.807, 2.05) is 0 Å². The molecule has 1 unspecified atom stereocenters. The Morgan fingerprint density at radius 2 is 1.76 bits per heavy atom. The van der Waals surface area contributed by atoms with E-state index >= 15 is 0 Å². The molecule has 21 heavy (non-hydrogen) atoms. The number of hydrogen-bond acceptors (Lipinski definition) is 3. The third kappa shape index (κ3) is 3.80. The van der Waals surface area contributed by atoms with E-state index in [0.29, 0.717) is 11.3 Å². The fourth-order valence-corrected chi connectivity index (χ4v) is 3.42. The Labute approximate surface area is 123 Å². The van der Waals surface area contributed by atoms with Crippen molar-refractivity contribution < 1.29 is 12.8 Å². The van der Waals surface area contributed by atoms with Gasteiger partial charge in [-0.1, -0.05) is 12.1 Å². The summed E-state index contributed by atoms with van der Waals surface area (Å²) < 4.78 is 40.1. The summed E-state index contributed by atoms with van der Waals surface area (Å²) in [7, 11) is -3.69. The van der Waals surface area contributed by atoms with Crippen molar-refractivity contribution in [3.8, 4) is 0 Å². The smallest absolute Gasteiger partial charge is 0.241 e. The van der Waals surface area contributed by atoms with Crippen LogP contribution in [0.5, 0.6) is 0 Å². The van der Waals surface area contributed by atoms with Crippen LogP contribution in [0, 0.1) is 12.7 Å². The summed E-state index contributed by atoms with van der Waals surface area (Å²) in [5.41, 5.74) is 7.52. The molecule has 0 aliphatic heterocycles. The predicted molar refractivity (Wildman–Crippen MR) is 80.7 cm³/mol. The lowest BCUT2D eigenvalue weighted by Gasteiger charge is -2.15. The predicted octanol–water partition coefficient (Wildman–Crippen LogP) is 2.76. The number of halogens is 1. The minimum absolute atomic E-state index is 0.119. The second-order valence-electron chi connectivity index (χ2n) is 4.97. The summed E-state index contributed by atoms with van der Waals surface area (Å²) in [5.74, 6) is -0.361. The lowest BCUT2D eigenvalue weighted by atomic mass is 10.1. The van der Waals surface area contributed by atoms with Gasteiger partial charge in [-0.05, 0) is 55.3 Å². The molecular formula is C15H17FN2O2S. The van der Waals surface area contributed by atoms with Crippen LogP contribution in [0.4, 0.5) is 10.1 Å². The van der Waals surface area contributed by atoms with Crippen LogP contribution >= 0.6 is 0 Å². The summed E-state index contributed by atoms with van der Waals surface area (Å²) >= 11 is 0. The average Bonchev–Trinajstić information content (AvgIpc) is 2.37. The normalized spacial score (nSPS) is 13.1. The molecule has 4 nitrogen and oxygen atoms in total. The van der Waals surface area contributed by atoms with Crippen molar-refractivity contribution in [1.82, 2.24) is 4.72 Å². The van der Waals surface area contributed by atoms with Crippen molar-refractivity contribution in [3.05, 3.63) is 59.4 Å². The molecule has 3 N–H and O–H groups in total. The van der Waals surface area contributed by atoms with E-state index in [-0.39, 0.29) is 10.7 Å². The van der Waals surface area contributed by atoms with Crippen LogP contribution in [-0.4, -0.2) is 8.42 Å². The zero-order valence-corrected chi connectivity index (χ0v) is 12.6. The molecule has 0 spiro atoms. The molecule has 0 fully saturated rings. The molecule has 0 aliphatic carbocycles. The Morgan fingerprint density at radius 1 is 1.14 bits per heavy atom. The van der Waals surface area contributed by atoms with E-state index in [4.69, 9.17) is 5.73 Å². The SMILES string of the molecule is Cc1cc(N)cc(S(=O)(=O)NC(C)c2ccc(F)cc2)c1. The molecule has 6 heteroatoms. The van der Waals surface area contributed by atoms with Gasteiger partial charge in [0.15, 0.2) is 0 Å². The van der Waals surface area contributed by atoms with Gasteiger partial charge in [0.05, 0.1) is 4.90 Å². The van der Waals surface area contributed by atoms with Crippen molar-refractivity contribution in [1.29, 1.82) is 0 Å². The monoisotopic (exact) mass is 308 g/mol. The van der Waals surface area contributed by atoms with Gasteiger partial charge in [0.25, 0.3) is 0 Å². The van der Waals surface area contributed by atoms with Crippen LogP contribution in [0.15, 0.2) is 47.4 Å². The molecule has 2 aromatic carbocycles. The van der Waals surface area contributed by atoms with Crippen LogP contribution in [0.1, 0.15) is 24.1 Å². The van der Waals surface area contributed by atoms with Crippen molar-refractivity contribution in [2.75, 3.05) is 5.73 Å². The number of sulfonamides is 1. The van der Waals surface area contributed by atoms with E-state index < -0.39 is 16.1 Å². The van der Waals surface area contributed by atoms with Crippen LogP contribution in [0.3, 0.4) is 0 Å². The molecule has 112 valence electrons. The molecule has 2 aromatic rings. The molecule has 0 saturated carbocycles. The maximum Gasteiger partial charge on any atom is 0.241 e. The number of nitrogens with two attached hydrogens (primary N) is 1. The Morgan fingerprint density at radius 3 is 2.33 bits per heavy atom. The summed E-state index contributed by atoms with van der Waals surface area (Å²) in [6.45, 7) is 3.47. The van der Waals surface area contributed by atoms with Gasteiger partial charge in [-0.3, -0.25) is 0 Å². The third-order valence-corrected chi connectivity index (χ3v) is 4.61. The minimum atomic E-state index is -3.69. The Hall–Kier alpha value is -1.92. The van der Waals surface area contributed by atoms with Crippen LogP contribution in [-0.2, 0) is 10.0 Å². The number of rotatable bonds is 4. The van der Waals surface area contributed by atoms with E-state index in [2.05, 4.69) is 4.72 Å². The highest BCUT2D eigenvalue weighted by Gasteiger charge is 2.19. The molecule has 0 amide bonds. The van der Waals surface area contributed by atoms with Crippen molar-refractivity contribution in [3.63, 3.8) is 0 Å². The van der Waals surface area contributed by atoms with E-state index in [9.17, 15) is 12.8 Å².